The molecule has 1 amide bonds. The van der Waals surface area contributed by atoms with E-state index in [1.54, 1.807) is 0 Å². The molecule has 0 aliphatic rings. The van der Waals surface area contributed by atoms with Crippen LogP contribution in [0.3, 0.4) is 0 Å². The smallest absolute Gasteiger partial charge is 0.303 e. The molecule has 1 aromatic heterocycles. The monoisotopic (exact) mass is 336 g/mol. The number of unbranched alkanes of at least 4 members (excludes halogenated alkanes) is 4. The molecular formula is C17H21ClN2O3. The van der Waals surface area contributed by atoms with Gasteiger partial charge in [-0.05, 0) is 18.9 Å². The number of H-pyrrole nitrogens is 1. The van der Waals surface area contributed by atoms with Crippen LogP contribution < -0.4 is 5.32 Å². The number of amides is 1. The molecule has 6 heteroatoms. The van der Waals surface area contributed by atoms with Gasteiger partial charge in [-0.2, -0.15) is 0 Å². The average Bonchev–Trinajstić information content (AvgIpc) is 2.87. The lowest BCUT2D eigenvalue weighted by Gasteiger charge is -2.04. The van der Waals surface area contributed by atoms with Gasteiger partial charge < -0.3 is 15.4 Å². The zero-order valence-corrected chi connectivity index (χ0v) is 13.7. The molecule has 0 unspecified atom stereocenters. The maximum atomic E-state index is 12.2. The number of rotatable bonds is 9. The number of nitrogens with one attached hydrogen (secondary N) is 2. The van der Waals surface area contributed by atoms with E-state index < -0.39 is 5.97 Å². The predicted molar refractivity (Wildman–Crippen MR) is 91.0 cm³/mol. The van der Waals surface area contributed by atoms with Gasteiger partial charge in [0.1, 0.15) is 5.69 Å². The molecule has 0 saturated heterocycles. The Hall–Kier alpha value is -2.01. The van der Waals surface area contributed by atoms with Crippen molar-refractivity contribution in [3.8, 4) is 0 Å². The molecule has 1 aromatic carbocycles. The minimum Gasteiger partial charge on any atom is -0.481 e. The number of carboxylic acid groups (broad SMARTS) is 1. The van der Waals surface area contributed by atoms with E-state index in [2.05, 4.69) is 10.3 Å². The molecule has 0 saturated carbocycles. The Labute approximate surface area is 140 Å². The Balaban J connectivity index is 1.70. The molecule has 0 aliphatic heterocycles. The van der Waals surface area contributed by atoms with E-state index in [1.165, 1.54) is 0 Å². The van der Waals surface area contributed by atoms with Gasteiger partial charge in [0.2, 0.25) is 0 Å². The molecule has 3 N–H and O–H groups in total. The summed E-state index contributed by atoms with van der Waals surface area (Å²) in [6.45, 7) is 0.587. The highest BCUT2D eigenvalue weighted by atomic mass is 35.5. The topological polar surface area (TPSA) is 82.2 Å². The van der Waals surface area contributed by atoms with Crippen molar-refractivity contribution in [3.63, 3.8) is 0 Å². The summed E-state index contributed by atoms with van der Waals surface area (Å²) in [5, 5.41) is 12.7. The third kappa shape index (κ3) is 4.99. The zero-order chi connectivity index (χ0) is 16.7. The number of carboxylic acids is 1. The van der Waals surface area contributed by atoms with Gasteiger partial charge in [0.15, 0.2) is 0 Å². The van der Waals surface area contributed by atoms with Gasteiger partial charge in [-0.1, -0.05) is 49.1 Å². The van der Waals surface area contributed by atoms with Gasteiger partial charge in [0, 0.05) is 23.9 Å². The molecule has 0 atom stereocenters. The number of hydrogen-bond donors (Lipinski definition) is 3. The summed E-state index contributed by atoms with van der Waals surface area (Å²) in [5.74, 6) is -0.940. The summed E-state index contributed by atoms with van der Waals surface area (Å²) >= 11 is 6.23. The molecule has 0 spiro atoms. The van der Waals surface area contributed by atoms with Crippen LogP contribution >= 0.6 is 11.6 Å². The van der Waals surface area contributed by atoms with Crippen LogP contribution in [0.5, 0.6) is 0 Å². The first kappa shape index (κ1) is 17.3. The number of benzene rings is 1. The first-order valence-electron chi connectivity index (χ1n) is 7.86. The van der Waals surface area contributed by atoms with E-state index >= 15 is 0 Å². The van der Waals surface area contributed by atoms with Crippen molar-refractivity contribution in [2.24, 2.45) is 0 Å². The quantitative estimate of drug-likeness (QED) is 0.606. The lowest BCUT2D eigenvalue weighted by molar-refractivity contribution is -0.137. The fraction of sp³-hybridized carbons (Fsp3) is 0.412. The number of para-hydroxylation sites is 1. The molecular weight excluding hydrogens is 316 g/mol. The molecule has 0 fully saturated rings. The maximum Gasteiger partial charge on any atom is 0.303 e. The number of carbonyl (C=O) groups is 2. The Kier molecular flexibility index (Phi) is 6.47. The van der Waals surface area contributed by atoms with Gasteiger partial charge in [-0.3, -0.25) is 9.59 Å². The Bertz CT molecular complexity index is 682. The van der Waals surface area contributed by atoms with Gasteiger partial charge in [-0.15, -0.1) is 0 Å². The molecule has 0 bridgehead atoms. The van der Waals surface area contributed by atoms with Gasteiger partial charge in [0.25, 0.3) is 5.91 Å². The van der Waals surface area contributed by atoms with Crippen LogP contribution in [0.15, 0.2) is 24.3 Å². The summed E-state index contributed by atoms with van der Waals surface area (Å²) < 4.78 is 0. The van der Waals surface area contributed by atoms with Crippen molar-refractivity contribution in [1.29, 1.82) is 0 Å². The summed E-state index contributed by atoms with van der Waals surface area (Å²) in [5.41, 5.74) is 1.25. The standard InChI is InChI=1S/C17H21ClN2O3/c18-15-12-8-5-6-9-13(12)20-16(15)17(23)19-11-7-3-1-2-4-10-14(21)22/h5-6,8-9,20H,1-4,7,10-11H2,(H,19,23)(H,21,22). The Morgan fingerprint density at radius 2 is 1.78 bits per heavy atom. The minimum atomic E-state index is -0.743. The molecule has 0 radical (unpaired) electrons. The maximum absolute atomic E-state index is 12.2. The lowest BCUT2D eigenvalue weighted by Crippen LogP contribution is -2.25. The van der Waals surface area contributed by atoms with Crippen LogP contribution in [0.25, 0.3) is 10.9 Å². The molecule has 1 heterocycles. The van der Waals surface area contributed by atoms with Gasteiger partial charge in [-0.25, -0.2) is 0 Å². The fourth-order valence-corrected chi connectivity index (χ4v) is 2.78. The van der Waals surface area contributed by atoms with E-state index in [0.29, 0.717) is 23.7 Å². The second-order valence-corrected chi connectivity index (χ2v) is 5.90. The molecule has 2 rings (SSSR count). The number of halogens is 1. The number of aromatic nitrogens is 1. The molecule has 0 aliphatic carbocycles. The number of fused-ring (bicyclic) bond motifs is 1. The normalized spacial score (nSPS) is 10.8. The van der Waals surface area contributed by atoms with Crippen molar-refractivity contribution < 1.29 is 14.7 Å². The van der Waals surface area contributed by atoms with E-state index in [9.17, 15) is 9.59 Å². The highest BCUT2D eigenvalue weighted by molar-refractivity contribution is 6.38. The van der Waals surface area contributed by atoms with Gasteiger partial charge >= 0.3 is 5.97 Å². The number of aromatic amines is 1. The minimum absolute atomic E-state index is 0.197. The summed E-state index contributed by atoms with van der Waals surface area (Å²) in [4.78, 5) is 25.6. The van der Waals surface area contributed by atoms with Crippen molar-refractivity contribution in [3.05, 3.63) is 35.0 Å². The Morgan fingerprint density at radius 1 is 1.09 bits per heavy atom. The largest absolute Gasteiger partial charge is 0.481 e. The van der Waals surface area contributed by atoms with Gasteiger partial charge in [0.05, 0.1) is 5.02 Å². The number of aliphatic carboxylic acids is 1. The molecule has 124 valence electrons. The van der Waals surface area contributed by atoms with Crippen LogP contribution in [0.1, 0.15) is 49.0 Å². The van der Waals surface area contributed by atoms with Crippen LogP contribution in [-0.2, 0) is 4.79 Å². The SMILES string of the molecule is O=C(O)CCCCCCCNC(=O)c1[nH]c2ccccc2c1Cl. The Morgan fingerprint density at radius 3 is 2.52 bits per heavy atom. The van der Waals surface area contributed by atoms with Crippen LogP contribution in [-0.4, -0.2) is 28.5 Å². The highest BCUT2D eigenvalue weighted by Gasteiger charge is 2.15. The van der Waals surface area contributed by atoms with Crippen molar-refractivity contribution in [2.75, 3.05) is 6.54 Å². The average molecular weight is 337 g/mol. The van der Waals surface area contributed by atoms with E-state index in [4.69, 9.17) is 16.7 Å². The van der Waals surface area contributed by atoms with E-state index in [-0.39, 0.29) is 12.3 Å². The third-order valence-electron chi connectivity index (χ3n) is 3.72. The molecule has 2 aromatic rings. The summed E-state index contributed by atoms with van der Waals surface area (Å²) in [7, 11) is 0. The van der Waals surface area contributed by atoms with Crippen molar-refractivity contribution in [2.45, 2.75) is 38.5 Å². The number of carbonyl (C=O) groups excluding carboxylic acids is 1. The third-order valence-corrected chi connectivity index (χ3v) is 4.12. The second-order valence-electron chi connectivity index (χ2n) is 5.53. The van der Waals surface area contributed by atoms with Crippen LogP contribution in [0.2, 0.25) is 5.02 Å². The fourth-order valence-electron chi connectivity index (χ4n) is 2.49. The van der Waals surface area contributed by atoms with Crippen molar-refractivity contribution in [1.82, 2.24) is 10.3 Å². The first-order valence-corrected chi connectivity index (χ1v) is 8.23. The zero-order valence-electron chi connectivity index (χ0n) is 12.9. The highest BCUT2D eigenvalue weighted by Crippen LogP contribution is 2.26. The molecule has 5 nitrogen and oxygen atoms in total. The van der Waals surface area contributed by atoms with Crippen LogP contribution in [0.4, 0.5) is 0 Å². The van der Waals surface area contributed by atoms with E-state index in [1.807, 2.05) is 24.3 Å². The lowest BCUT2D eigenvalue weighted by atomic mass is 10.1. The van der Waals surface area contributed by atoms with Crippen LogP contribution in [0, 0.1) is 0 Å². The van der Waals surface area contributed by atoms with E-state index in [0.717, 1.165) is 36.6 Å². The number of hydrogen-bond acceptors (Lipinski definition) is 2. The summed E-state index contributed by atoms with van der Waals surface area (Å²) in [6.07, 6.45) is 4.68. The first-order chi connectivity index (χ1) is 11.1. The second kappa shape index (κ2) is 8.58. The summed E-state index contributed by atoms with van der Waals surface area (Å²) in [6, 6.07) is 7.53. The molecule has 23 heavy (non-hydrogen) atoms. The van der Waals surface area contributed by atoms with Crippen molar-refractivity contribution >= 4 is 34.4 Å². The predicted octanol–water partition coefficient (Wildman–Crippen LogP) is 3.98.